The monoisotopic (exact) mass is 221 g/mol. The standard InChI is InChI=1S/C12H19N3O/c1-8(2)10(13)7-15-11-6-4-3-5-9(11)12(14)16/h3-6,8,10,15H,7,13H2,1-2H3,(H2,14,16). The van der Waals surface area contributed by atoms with Crippen LogP contribution in [-0.2, 0) is 0 Å². The largest absolute Gasteiger partial charge is 0.383 e. The number of benzene rings is 1. The second-order valence-corrected chi connectivity index (χ2v) is 4.20. The van der Waals surface area contributed by atoms with Crippen LogP contribution in [-0.4, -0.2) is 18.5 Å². The van der Waals surface area contributed by atoms with E-state index in [1.807, 2.05) is 12.1 Å². The summed E-state index contributed by atoms with van der Waals surface area (Å²) < 4.78 is 0. The van der Waals surface area contributed by atoms with Gasteiger partial charge in [-0.05, 0) is 18.1 Å². The zero-order valence-electron chi connectivity index (χ0n) is 9.73. The summed E-state index contributed by atoms with van der Waals surface area (Å²) in [7, 11) is 0. The summed E-state index contributed by atoms with van der Waals surface area (Å²) in [5.74, 6) is -0.0329. The van der Waals surface area contributed by atoms with Crippen LogP contribution in [0.4, 0.5) is 5.69 Å². The molecule has 0 bridgehead atoms. The van der Waals surface area contributed by atoms with E-state index in [0.717, 1.165) is 5.69 Å². The number of nitrogens with one attached hydrogen (secondary N) is 1. The van der Waals surface area contributed by atoms with Gasteiger partial charge in [0.15, 0.2) is 0 Å². The van der Waals surface area contributed by atoms with Crippen molar-refractivity contribution >= 4 is 11.6 Å². The Labute approximate surface area is 96.0 Å². The van der Waals surface area contributed by atoms with E-state index in [1.165, 1.54) is 0 Å². The Balaban J connectivity index is 2.70. The van der Waals surface area contributed by atoms with E-state index in [9.17, 15) is 4.79 Å². The Kier molecular flexibility index (Phi) is 4.31. The summed E-state index contributed by atoms with van der Waals surface area (Å²) in [6.45, 7) is 4.75. The molecule has 1 amide bonds. The van der Waals surface area contributed by atoms with Crippen LogP contribution in [0.2, 0.25) is 0 Å². The molecule has 0 heterocycles. The van der Waals surface area contributed by atoms with E-state index in [2.05, 4.69) is 19.2 Å². The lowest BCUT2D eigenvalue weighted by atomic mass is 10.1. The molecule has 1 rings (SSSR count). The summed E-state index contributed by atoms with van der Waals surface area (Å²) in [4.78, 5) is 11.2. The van der Waals surface area contributed by atoms with Crippen LogP contribution < -0.4 is 16.8 Å². The zero-order valence-corrected chi connectivity index (χ0v) is 9.73. The predicted molar refractivity (Wildman–Crippen MR) is 66.3 cm³/mol. The lowest BCUT2D eigenvalue weighted by Gasteiger charge is -2.18. The minimum atomic E-state index is -0.429. The second kappa shape index (κ2) is 5.51. The first kappa shape index (κ1) is 12.5. The molecule has 0 aliphatic heterocycles. The van der Waals surface area contributed by atoms with Crippen LogP contribution in [0.3, 0.4) is 0 Å². The predicted octanol–water partition coefficient (Wildman–Crippen LogP) is 1.18. The van der Waals surface area contributed by atoms with Gasteiger partial charge in [-0.3, -0.25) is 4.79 Å². The molecular formula is C12H19N3O. The fourth-order valence-electron chi connectivity index (χ4n) is 1.32. The number of nitrogens with two attached hydrogens (primary N) is 2. The molecule has 1 aromatic rings. The van der Waals surface area contributed by atoms with Crippen LogP contribution in [0.25, 0.3) is 0 Å². The van der Waals surface area contributed by atoms with Gasteiger partial charge in [0.1, 0.15) is 0 Å². The molecule has 0 aromatic heterocycles. The molecular weight excluding hydrogens is 202 g/mol. The van der Waals surface area contributed by atoms with E-state index in [-0.39, 0.29) is 6.04 Å². The summed E-state index contributed by atoms with van der Waals surface area (Å²) in [5, 5.41) is 3.15. The van der Waals surface area contributed by atoms with Crippen molar-refractivity contribution in [1.29, 1.82) is 0 Å². The number of hydrogen-bond donors (Lipinski definition) is 3. The Hall–Kier alpha value is -1.55. The summed E-state index contributed by atoms with van der Waals surface area (Å²) in [5.41, 5.74) is 12.4. The first-order valence-electron chi connectivity index (χ1n) is 5.40. The first-order valence-corrected chi connectivity index (χ1v) is 5.40. The van der Waals surface area contributed by atoms with E-state index < -0.39 is 5.91 Å². The van der Waals surface area contributed by atoms with Crippen molar-refractivity contribution in [3.8, 4) is 0 Å². The summed E-state index contributed by atoms with van der Waals surface area (Å²) >= 11 is 0. The van der Waals surface area contributed by atoms with E-state index in [1.54, 1.807) is 12.1 Å². The minimum absolute atomic E-state index is 0.0564. The van der Waals surface area contributed by atoms with Gasteiger partial charge in [-0.2, -0.15) is 0 Å². The molecule has 0 saturated heterocycles. The van der Waals surface area contributed by atoms with Crippen LogP contribution in [0.5, 0.6) is 0 Å². The number of carbonyl (C=O) groups excluding carboxylic acids is 1. The SMILES string of the molecule is CC(C)C(N)CNc1ccccc1C(N)=O. The van der Waals surface area contributed by atoms with Gasteiger partial charge >= 0.3 is 0 Å². The lowest BCUT2D eigenvalue weighted by molar-refractivity contribution is 0.100. The molecule has 1 atom stereocenters. The maximum atomic E-state index is 11.2. The normalized spacial score (nSPS) is 12.5. The summed E-state index contributed by atoms with van der Waals surface area (Å²) in [6, 6.07) is 7.23. The highest BCUT2D eigenvalue weighted by atomic mass is 16.1. The summed E-state index contributed by atoms with van der Waals surface area (Å²) in [6.07, 6.45) is 0. The third-order valence-corrected chi connectivity index (χ3v) is 2.58. The molecule has 1 unspecified atom stereocenters. The number of rotatable bonds is 5. The van der Waals surface area contributed by atoms with E-state index >= 15 is 0 Å². The van der Waals surface area contributed by atoms with Crippen LogP contribution >= 0.6 is 0 Å². The second-order valence-electron chi connectivity index (χ2n) is 4.20. The number of anilines is 1. The average molecular weight is 221 g/mol. The first-order chi connectivity index (χ1) is 7.52. The molecule has 0 radical (unpaired) electrons. The Morgan fingerprint density at radius 2 is 2.00 bits per heavy atom. The van der Waals surface area contributed by atoms with Gasteiger partial charge in [0.05, 0.1) is 5.56 Å². The van der Waals surface area contributed by atoms with Crippen molar-refractivity contribution in [2.75, 3.05) is 11.9 Å². The van der Waals surface area contributed by atoms with Crippen LogP contribution in [0.15, 0.2) is 24.3 Å². The molecule has 4 heteroatoms. The molecule has 0 aliphatic carbocycles. The number of para-hydroxylation sites is 1. The third kappa shape index (κ3) is 3.24. The third-order valence-electron chi connectivity index (χ3n) is 2.58. The molecule has 1 aromatic carbocycles. The van der Waals surface area contributed by atoms with Crippen LogP contribution in [0.1, 0.15) is 24.2 Å². The highest BCUT2D eigenvalue weighted by molar-refractivity contribution is 5.98. The van der Waals surface area contributed by atoms with Crippen molar-refractivity contribution in [3.05, 3.63) is 29.8 Å². The van der Waals surface area contributed by atoms with Crippen molar-refractivity contribution < 1.29 is 4.79 Å². The zero-order chi connectivity index (χ0) is 12.1. The fourth-order valence-corrected chi connectivity index (χ4v) is 1.32. The Morgan fingerprint density at radius 3 is 2.56 bits per heavy atom. The highest BCUT2D eigenvalue weighted by Gasteiger charge is 2.10. The van der Waals surface area contributed by atoms with Gasteiger partial charge in [0.25, 0.3) is 5.91 Å². The van der Waals surface area contributed by atoms with Gasteiger partial charge in [-0.25, -0.2) is 0 Å². The number of carbonyl (C=O) groups is 1. The van der Waals surface area contributed by atoms with Crippen molar-refractivity contribution in [1.82, 2.24) is 0 Å². The Morgan fingerprint density at radius 1 is 1.38 bits per heavy atom. The highest BCUT2D eigenvalue weighted by Crippen LogP contribution is 2.14. The Bertz CT molecular complexity index is 363. The number of primary amides is 1. The smallest absolute Gasteiger partial charge is 0.250 e. The quantitative estimate of drug-likeness (QED) is 0.698. The fraction of sp³-hybridized carbons (Fsp3) is 0.417. The minimum Gasteiger partial charge on any atom is -0.383 e. The lowest BCUT2D eigenvalue weighted by Crippen LogP contribution is -2.34. The molecule has 0 aliphatic rings. The maximum absolute atomic E-state index is 11.2. The van der Waals surface area contributed by atoms with Crippen LogP contribution in [0, 0.1) is 5.92 Å². The van der Waals surface area contributed by atoms with E-state index in [0.29, 0.717) is 18.0 Å². The molecule has 5 N–H and O–H groups in total. The van der Waals surface area contributed by atoms with Gasteiger partial charge in [0, 0.05) is 18.3 Å². The average Bonchev–Trinajstić information content (AvgIpc) is 2.25. The maximum Gasteiger partial charge on any atom is 0.250 e. The van der Waals surface area contributed by atoms with Crippen molar-refractivity contribution in [2.24, 2.45) is 17.4 Å². The van der Waals surface area contributed by atoms with Gasteiger partial charge in [-0.1, -0.05) is 26.0 Å². The van der Waals surface area contributed by atoms with Crippen molar-refractivity contribution in [3.63, 3.8) is 0 Å². The number of amides is 1. The molecule has 88 valence electrons. The molecule has 0 fully saturated rings. The van der Waals surface area contributed by atoms with Gasteiger partial charge in [0.2, 0.25) is 0 Å². The molecule has 16 heavy (non-hydrogen) atoms. The number of hydrogen-bond acceptors (Lipinski definition) is 3. The topological polar surface area (TPSA) is 81.1 Å². The van der Waals surface area contributed by atoms with Gasteiger partial charge < -0.3 is 16.8 Å². The van der Waals surface area contributed by atoms with Crippen molar-refractivity contribution in [2.45, 2.75) is 19.9 Å². The molecule has 0 saturated carbocycles. The van der Waals surface area contributed by atoms with Gasteiger partial charge in [-0.15, -0.1) is 0 Å². The molecule has 4 nitrogen and oxygen atoms in total. The molecule has 0 spiro atoms. The van der Waals surface area contributed by atoms with E-state index in [4.69, 9.17) is 11.5 Å².